The zero-order valence-corrected chi connectivity index (χ0v) is 13.9. The van der Waals surface area contributed by atoms with Gasteiger partial charge in [0, 0.05) is 4.88 Å². The minimum atomic E-state index is -0.273. The van der Waals surface area contributed by atoms with Crippen molar-refractivity contribution >= 4 is 28.8 Å². The Labute approximate surface area is 143 Å². The first kappa shape index (κ1) is 16.0. The maximum atomic E-state index is 12.4. The molecule has 0 aliphatic rings. The van der Waals surface area contributed by atoms with Gasteiger partial charge in [-0.25, -0.2) is 0 Å². The lowest BCUT2D eigenvalue weighted by atomic mass is 10.1. The van der Waals surface area contributed by atoms with Gasteiger partial charge in [0.15, 0.2) is 0 Å². The Balaban J connectivity index is 1.72. The fourth-order valence-corrected chi connectivity index (χ4v) is 2.97. The molecule has 0 atom stereocenters. The van der Waals surface area contributed by atoms with Gasteiger partial charge in [0.25, 0.3) is 11.8 Å². The molecule has 0 bridgehead atoms. The normalized spacial score (nSPS) is 10.4. The van der Waals surface area contributed by atoms with E-state index in [4.69, 9.17) is 4.42 Å². The molecule has 3 aromatic rings. The summed E-state index contributed by atoms with van der Waals surface area (Å²) in [6, 6.07) is 14.1. The van der Waals surface area contributed by atoms with Crippen LogP contribution in [0.15, 0.2) is 59.2 Å². The molecule has 6 heteroatoms. The molecule has 0 spiro atoms. The van der Waals surface area contributed by atoms with E-state index in [-0.39, 0.29) is 18.4 Å². The number of benzene rings is 1. The number of para-hydroxylation sites is 1. The summed E-state index contributed by atoms with van der Waals surface area (Å²) in [7, 11) is 0. The highest BCUT2D eigenvalue weighted by Gasteiger charge is 2.15. The molecule has 2 N–H and O–H groups in total. The number of carbonyl (C=O) groups is 2. The van der Waals surface area contributed by atoms with Crippen LogP contribution < -0.4 is 10.6 Å². The summed E-state index contributed by atoms with van der Waals surface area (Å²) in [5, 5.41) is 5.58. The molecule has 0 unspecified atom stereocenters. The van der Waals surface area contributed by atoms with Gasteiger partial charge in [-0.1, -0.05) is 12.1 Å². The Morgan fingerprint density at radius 1 is 1.04 bits per heavy atom. The van der Waals surface area contributed by atoms with Crippen molar-refractivity contribution in [2.45, 2.75) is 13.5 Å². The molecule has 2 aromatic heterocycles. The van der Waals surface area contributed by atoms with E-state index in [1.807, 2.05) is 13.0 Å². The maximum Gasteiger partial charge on any atom is 0.265 e. The van der Waals surface area contributed by atoms with Gasteiger partial charge in [-0.05, 0) is 43.3 Å². The third kappa shape index (κ3) is 3.72. The second-order valence-corrected chi connectivity index (χ2v) is 6.46. The van der Waals surface area contributed by atoms with E-state index in [1.54, 1.807) is 48.7 Å². The molecule has 0 aliphatic heterocycles. The summed E-state index contributed by atoms with van der Waals surface area (Å²) < 4.78 is 5.19. The smallest absolute Gasteiger partial charge is 0.265 e. The van der Waals surface area contributed by atoms with Crippen LogP contribution in [-0.4, -0.2) is 11.8 Å². The first-order chi connectivity index (χ1) is 11.6. The third-order valence-electron chi connectivity index (χ3n) is 3.39. The quantitative estimate of drug-likeness (QED) is 0.741. The average Bonchev–Trinajstić information content (AvgIpc) is 3.24. The van der Waals surface area contributed by atoms with Gasteiger partial charge in [-0.15, -0.1) is 11.3 Å². The summed E-state index contributed by atoms with van der Waals surface area (Å²) in [5.74, 6) is 0.169. The van der Waals surface area contributed by atoms with Crippen molar-refractivity contribution in [3.63, 3.8) is 0 Å². The molecule has 2 amide bonds. The molecule has 24 heavy (non-hydrogen) atoms. The zero-order valence-electron chi connectivity index (χ0n) is 13.0. The highest BCUT2D eigenvalue weighted by Crippen LogP contribution is 2.20. The van der Waals surface area contributed by atoms with Gasteiger partial charge < -0.3 is 15.1 Å². The lowest BCUT2D eigenvalue weighted by Crippen LogP contribution is -2.24. The molecular formula is C18H16N2O3S. The minimum absolute atomic E-state index is 0.223. The van der Waals surface area contributed by atoms with Crippen LogP contribution in [0.2, 0.25) is 0 Å². The molecule has 0 radical (unpaired) electrons. The fraction of sp³-hybridized carbons (Fsp3) is 0.111. The van der Waals surface area contributed by atoms with Gasteiger partial charge in [0.2, 0.25) is 0 Å². The molecule has 5 nitrogen and oxygen atoms in total. The Hall–Kier alpha value is -2.86. The molecule has 2 heterocycles. The van der Waals surface area contributed by atoms with Gasteiger partial charge in [-0.3, -0.25) is 9.59 Å². The van der Waals surface area contributed by atoms with E-state index in [1.165, 1.54) is 11.3 Å². The van der Waals surface area contributed by atoms with Crippen LogP contribution in [0.3, 0.4) is 0 Å². The van der Waals surface area contributed by atoms with Crippen molar-refractivity contribution < 1.29 is 14.0 Å². The Morgan fingerprint density at radius 2 is 1.88 bits per heavy atom. The van der Waals surface area contributed by atoms with E-state index >= 15 is 0 Å². The number of nitrogens with one attached hydrogen (secondary N) is 2. The Bertz CT molecular complexity index is 853. The summed E-state index contributed by atoms with van der Waals surface area (Å²) >= 11 is 1.41. The zero-order chi connectivity index (χ0) is 16.9. The molecular weight excluding hydrogens is 324 g/mol. The van der Waals surface area contributed by atoms with Crippen molar-refractivity contribution in [2.24, 2.45) is 0 Å². The second kappa shape index (κ2) is 7.14. The van der Waals surface area contributed by atoms with E-state index in [0.717, 1.165) is 4.88 Å². The first-order valence-electron chi connectivity index (χ1n) is 7.41. The average molecular weight is 340 g/mol. The lowest BCUT2D eigenvalue weighted by molar-refractivity contribution is 0.0949. The van der Waals surface area contributed by atoms with E-state index in [0.29, 0.717) is 21.9 Å². The van der Waals surface area contributed by atoms with Gasteiger partial charge in [-0.2, -0.15) is 0 Å². The summed E-state index contributed by atoms with van der Waals surface area (Å²) in [6.07, 6.45) is 1.55. The highest BCUT2D eigenvalue weighted by molar-refractivity contribution is 7.14. The number of aryl methyl sites for hydroxylation is 1. The minimum Gasteiger partial charge on any atom is -0.467 e. The number of rotatable bonds is 5. The molecule has 0 saturated heterocycles. The topological polar surface area (TPSA) is 71.3 Å². The number of amides is 2. The molecule has 0 fully saturated rings. The van der Waals surface area contributed by atoms with Crippen LogP contribution >= 0.6 is 11.3 Å². The third-order valence-corrected chi connectivity index (χ3v) is 4.39. The molecule has 3 rings (SSSR count). The molecule has 122 valence electrons. The number of hydrogen-bond acceptors (Lipinski definition) is 4. The number of anilines is 1. The van der Waals surface area contributed by atoms with Crippen LogP contribution in [-0.2, 0) is 6.54 Å². The van der Waals surface area contributed by atoms with Gasteiger partial charge in [0.05, 0.1) is 28.9 Å². The van der Waals surface area contributed by atoms with Crippen LogP contribution in [0.5, 0.6) is 0 Å². The van der Waals surface area contributed by atoms with Crippen molar-refractivity contribution in [2.75, 3.05) is 5.32 Å². The van der Waals surface area contributed by atoms with E-state index in [9.17, 15) is 9.59 Å². The van der Waals surface area contributed by atoms with Gasteiger partial charge in [0.1, 0.15) is 5.76 Å². The van der Waals surface area contributed by atoms with Crippen LogP contribution in [0.4, 0.5) is 5.69 Å². The predicted molar refractivity (Wildman–Crippen MR) is 93.3 cm³/mol. The number of thiophene rings is 1. The summed E-state index contributed by atoms with van der Waals surface area (Å²) in [5.41, 5.74) is 0.885. The van der Waals surface area contributed by atoms with Crippen molar-refractivity contribution in [1.82, 2.24) is 5.32 Å². The molecule has 1 aromatic carbocycles. The van der Waals surface area contributed by atoms with Crippen molar-refractivity contribution in [3.05, 3.63) is 75.9 Å². The van der Waals surface area contributed by atoms with E-state index < -0.39 is 0 Å². The first-order valence-corrected chi connectivity index (χ1v) is 8.22. The van der Waals surface area contributed by atoms with Crippen LogP contribution in [0, 0.1) is 6.92 Å². The molecule has 0 aliphatic carbocycles. The van der Waals surface area contributed by atoms with Crippen LogP contribution in [0.25, 0.3) is 0 Å². The maximum absolute atomic E-state index is 12.4. The van der Waals surface area contributed by atoms with Gasteiger partial charge >= 0.3 is 0 Å². The number of furan rings is 1. The van der Waals surface area contributed by atoms with E-state index in [2.05, 4.69) is 10.6 Å². The van der Waals surface area contributed by atoms with Crippen molar-refractivity contribution in [1.29, 1.82) is 0 Å². The second-order valence-electron chi connectivity index (χ2n) is 5.17. The highest BCUT2D eigenvalue weighted by atomic mass is 32.1. The molecule has 0 saturated carbocycles. The lowest BCUT2D eigenvalue weighted by Gasteiger charge is -2.10. The Kier molecular flexibility index (Phi) is 4.77. The largest absolute Gasteiger partial charge is 0.467 e. The van der Waals surface area contributed by atoms with Crippen molar-refractivity contribution in [3.8, 4) is 0 Å². The Morgan fingerprint density at radius 3 is 2.58 bits per heavy atom. The number of hydrogen-bond donors (Lipinski definition) is 2. The number of carbonyl (C=O) groups excluding carboxylic acids is 2. The summed E-state index contributed by atoms with van der Waals surface area (Å²) in [4.78, 5) is 26.4. The fourth-order valence-electron chi connectivity index (χ4n) is 2.21. The standard InChI is InChI=1S/C18H16N2O3S/c1-12-8-9-16(24-12)18(22)20-15-7-3-2-6-14(15)17(21)19-11-13-5-4-10-23-13/h2-10H,11H2,1H3,(H,19,21)(H,20,22). The van der Waals surface area contributed by atoms with Crippen LogP contribution in [0.1, 0.15) is 30.7 Å². The predicted octanol–water partition coefficient (Wildman–Crippen LogP) is 3.83. The SMILES string of the molecule is Cc1ccc(C(=O)Nc2ccccc2C(=O)NCc2ccco2)s1. The monoisotopic (exact) mass is 340 g/mol. The summed E-state index contributed by atoms with van der Waals surface area (Å²) in [6.45, 7) is 2.23.